The van der Waals surface area contributed by atoms with Gasteiger partial charge in [0.05, 0.1) is 19.2 Å². The van der Waals surface area contributed by atoms with E-state index in [0.29, 0.717) is 16.5 Å². The van der Waals surface area contributed by atoms with Crippen molar-refractivity contribution >= 4 is 35.2 Å². The van der Waals surface area contributed by atoms with Crippen molar-refractivity contribution in [3.05, 3.63) is 59.1 Å². The van der Waals surface area contributed by atoms with Crippen LogP contribution in [-0.4, -0.2) is 32.2 Å². The van der Waals surface area contributed by atoms with Crippen LogP contribution in [0.5, 0.6) is 11.5 Å². The maximum atomic E-state index is 12.2. The van der Waals surface area contributed by atoms with Crippen LogP contribution < -0.4 is 14.8 Å². The number of esters is 1. The summed E-state index contributed by atoms with van der Waals surface area (Å²) in [4.78, 5) is 24.1. The lowest BCUT2D eigenvalue weighted by atomic mass is 10.2. The van der Waals surface area contributed by atoms with Crippen LogP contribution in [0.1, 0.15) is 12.5 Å². The lowest BCUT2D eigenvalue weighted by Gasteiger charge is -2.13. The monoisotopic (exact) mass is 389 g/mol. The Labute approximate surface area is 162 Å². The highest BCUT2D eigenvalue weighted by Gasteiger charge is 2.17. The molecule has 1 unspecified atom stereocenters. The van der Waals surface area contributed by atoms with Gasteiger partial charge in [0.2, 0.25) is 0 Å². The highest BCUT2D eigenvalue weighted by atomic mass is 35.5. The zero-order chi connectivity index (χ0) is 19.8. The van der Waals surface area contributed by atoms with Crippen molar-refractivity contribution in [3.8, 4) is 11.5 Å². The maximum Gasteiger partial charge on any atom is 0.331 e. The van der Waals surface area contributed by atoms with Crippen molar-refractivity contribution in [1.29, 1.82) is 0 Å². The summed E-state index contributed by atoms with van der Waals surface area (Å²) in [5, 5.41) is 2.99. The molecule has 0 bridgehead atoms. The SMILES string of the molecule is COc1ccc(C=CC(=O)OC(C)C(=O)Nc2ccc(OC)c(Cl)c2)cc1. The van der Waals surface area contributed by atoms with Crippen LogP contribution in [0.25, 0.3) is 6.08 Å². The first-order chi connectivity index (χ1) is 12.9. The normalized spacial score (nSPS) is 11.7. The molecule has 0 radical (unpaired) electrons. The average Bonchev–Trinajstić information content (AvgIpc) is 2.66. The topological polar surface area (TPSA) is 73.9 Å². The van der Waals surface area contributed by atoms with E-state index in [-0.39, 0.29) is 0 Å². The second kappa shape index (κ2) is 9.64. The lowest BCUT2D eigenvalue weighted by molar-refractivity contribution is -0.148. The number of ether oxygens (including phenoxy) is 3. The summed E-state index contributed by atoms with van der Waals surface area (Å²) in [5.41, 5.74) is 1.28. The van der Waals surface area contributed by atoms with Crippen LogP contribution >= 0.6 is 11.6 Å². The molecule has 142 valence electrons. The van der Waals surface area contributed by atoms with E-state index in [0.717, 1.165) is 11.3 Å². The summed E-state index contributed by atoms with van der Waals surface area (Å²) in [6, 6.07) is 12.0. The Kier molecular flexibility index (Phi) is 7.25. The predicted molar refractivity (Wildman–Crippen MR) is 104 cm³/mol. The molecule has 1 amide bonds. The molecule has 0 fully saturated rings. The second-order valence-corrected chi connectivity index (χ2v) is 5.93. The van der Waals surface area contributed by atoms with Crippen LogP contribution in [0.3, 0.4) is 0 Å². The number of carbonyl (C=O) groups excluding carboxylic acids is 2. The molecule has 1 N–H and O–H groups in total. The van der Waals surface area contributed by atoms with E-state index < -0.39 is 18.0 Å². The van der Waals surface area contributed by atoms with Crippen LogP contribution in [0, 0.1) is 0 Å². The Balaban J connectivity index is 1.89. The van der Waals surface area contributed by atoms with Crippen LogP contribution in [0.4, 0.5) is 5.69 Å². The number of benzene rings is 2. The fraction of sp³-hybridized carbons (Fsp3) is 0.200. The molecule has 0 saturated heterocycles. The number of amides is 1. The van der Waals surface area contributed by atoms with Gasteiger partial charge in [0.15, 0.2) is 6.10 Å². The molecule has 7 heteroatoms. The number of rotatable bonds is 7. The maximum absolute atomic E-state index is 12.2. The molecule has 2 aromatic carbocycles. The van der Waals surface area contributed by atoms with Gasteiger partial charge in [-0.3, -0.25) is 4.79 Å². The summed E-state index contributed by atoms with van der Waals surface area (Å²) < 4.78 is 15.2. The zero-order valence-corrected chi connectivity index (χ0v) is 15.9. The van der Waals surface area contributed by atoms with Gasteiger partial charge in [0, 0.05) is 11.8 Å². The Morgan fingerprint density at radius 2 is 1.78 bits per heavy atom. The van der Waals surface area contributed by atoms with Gasteiger partial charge in [0.25, 0.3) is 5.91 Å². The quantitative estimate of drug-likeness (QED) is 0.573. The molecular formula is C20H20ClNO5. The van der Waals surface area contributed by atoms with Crippen LogP contribution in [-0.2, 0) is 14.3 Å². The zero-order valence-electron chi connectivity index (χ0n) is 15.2. The minimum atomic E-state index is -0.973. The van der Waals surface area contributed by atoms with Gasteiger partial charge in [-0.1, -0.05) is 23.7 Å². The first-order valence-electron chi connectivity index (χ1n) is 8.10. The van der Waals surface area contributed by atoms with E-state index in [4.69, 9.17) is 25.8 Å². The summed E-state index contributed by atoms with van der Waals surface area (Å²) in [7, 11) is 3.08. The largest absolute Gasteiger partial charge is 0.497 e. The van der Waals surface area contributed by atoms with Crippen LogP contribution in [0.2, 0.25) is 5.02 Å². The van der Waals surface area contributed by atoms with Crippen molar-refractivity contribution in [2.75, 3.05) is 19.5 Å². The second-order valence-electron chi connectivity index (χ2n) is 5.52. The minimum absolute atomic E-state index is 0.363. The smallest absolute Gasteiger partial charge is 0.331 e. The number of anilines is 1. The summed E-state index contributed by atoms with van der Waals surface area (Å²) >= 11 is 6.02. The summed E-state index contributed by atoms with van der Waals surface area (Å²) in [5.74, 6) is 0.125. The minimum Gasteiger partial charge on any atom is -0.497 e. The molecular weight excluding hydrogens is 370 g/mol. The molecule has 1 atom stereocenters. The van der Waals surface area contributed by atoms with E-state index in [9.17, 15) is 9.59 Å². The molecule has 0 saturated carbocycles. The van der Waals surface area contributed by atoms with Crippen molar-refractivity contribution < 1.29 is 23.8 Å². The van der Waals surface area contributed by atoms with Gasteiger partial charge in [-0.2, -0.15) is 0 Å². The molecule has 27 heavy (non-hydrogen) atoms. The van der Waals surface area contributed by atoms with Gasteiger partial charge >= 0.3 is 5.97 Å². The third-order valence-electron chi connectivity index (χ3n) is 3.61. The highest BCUT2D eigenvalue weighted by Crippen LogP contribution is 2.27. The average molecular weight is 390 g/mol. The lowest BCUT2D eigenvalue weighted by Crippen LogP contribution is -2.29. The molecule has 0 aliphatic heterocycles. The first-order valence-corrected chi connectivity index (χ1v) is 8.48. The van der Waals surface area contributed by atoms with Gasteiger partial charge in [0.1, 0.15) is 11.5 Å². The van der Waals surface area contributed by atoms with E-state index in [1.165, 1.54) is 20.1 Å². The Morgan fingerprint density at radius 1 is 1.07 bits per heavy atom. The predicted octanol–water partition coefficient (Wildman–Crippen LogP) is 3.94. The molecule has 0 aromatic heterocycles. The van der Waals surface area contributed by atoms with E-state index >= 15 is 0 Å². The Bertz CT molecular complexity index is 833. The van der Waals surface area contributed by atoms with Gasteiger partial charge in [-0.05, 0) is 48.9 Å². The van der Waals surface area contributed by atoms with E-state index in [1.807, 2.05) is 0 Å². The fourth-order valence-corrected chi connectivity index (χ4v) is 2.39. The number of hydrogen-bond donors (Lipinski definition) is 1. The third kappa shape index (κ3) is 6.04. The van der Waals surface area contributed by atoms with E-state index in [1.54, 1.807) is 55.7 Å². The number of halogens is 1. The Morgan fingerprint density at radius 3 is 2.37 bits per heavy atom. The van der Waals surface area contributed by atoms with Gasteiger partial charge < -0.3 is 19.5 Å². The van der Waals surface area contributed by atoms with Crippen molar-refractivity contribution in [1.82, 2.24) is 0 Å². The molecule has 6 nitrogen and oxygen atoms in total. The van der Waals surface area contributed by atoms with Gasteiger partial charge in [-0.25, -0.2) is 4.79 Å². The number of methoxy groups -OCH3 is 2. The summed E-state index contributed by atoms with van der Waals surface area (Å²) in [6.45, 7) is 1.49. The number of carbonyl (C=O) groups is 2. The molecule has 0 aliphatic carbocycles. The molecule has 0 aliphatic rings. The number of hydrogen-bond acceptors (Lipinski definition) is 5. The molecule has 0 heterocycles. The highest BCUT2D eigenvalue weighted by molar-refractivity contribution is 6.32. The van der Waals surface area contributed by atoms with Crippen LogP contribution in [0.15, 0.2) is 48.5 Å². The van der Waals surface area contributed by atoms with Gasteiger partial charge in [-0.15, -0.1) is 0 Å². The summed E-state index contributed by atoms with van der Waals surface area (Å²) in [6.07, 6.45) is 1.88. The number of nitrogens with one attached hydrogen (secondary N) is 1. The fourth-order valence-electron chi connectivity index (χ4n) is 2.13. The molecule has 0 spiro atoms. The third-order valence-corrected chi connectivity index (χ3v) is 3.90. The molecule has 2 aromatic rings. The van der Waals surface area contributed by atoms with E-state index in [2.05, 4.69) is 5.32 Å². The molecule has 2 rings (SSSR count). The standard InChI is InChI=1S/C20H20ClNO5/c1-13(20(24)22-15-7-10-18(26-3)17(21)12-15)27-19(23)11-6-14-4-8-16(25-2)9-5-14/h4-13H,1-3H3,(H,22,24). The van der Waals surface area contributed by atoms with Crippen molar-refractivity contribution in [2.24, 2.45) is 0 Å². The first kappa shape index (κ1) is 20.3. The van der Waals surface area contributed by atoms with Crippen molar-refractivity contribution in [3.63, 3.8) is 0 Å². The Hall–Kier alpha value is -2.99. The van der Waals surface area contributed by atoms with Crippen molar-refractivity contribution in [2.45, 2.75) is 13.0 Å².